The van der Waals surface area contributed by atoms with E-state index in [1.165, 1.54) is 12.1 Å². The number of halogens is 3. The van der Waals surface area contributed by atoms with Crippen LogP contribution in [0.4, 0.5) is 18.0 Å². The van der Waals surface area contributed by atoms with Crippen LogP contribution in [0.15, 0.2) is 79.0 Å². The zero-order valence-electron chi connectivity index (χ0n) is 16.8. The van der Waals surface area contributed by atoms with Crippen LogP contribution in [-0.4, -0.2) is 23.8 Å². The lowest BCUT2D eigenvalue weighted by molar-refractivity contribution is -0.153. The molecule has 1 heterocycles. The van der Waals surface area contributed by atoms with Crippen LogP contribution in [0.2, 0.25) is 0 Å². The minimum absolute atomic E-state index is 0.108. The highest BCUT2D eigenvalue weighted by molar-refractivity contribution is 5.75. The van der Waals surface area contributed by atoms with E-state index < -0.39 is 24.9 Å². The van der Waals surface area contributed by atoms with E-state index in [4.69, 9.17) is 4.74 Å². The van der Waals surface area contributed by atoms with Crippen molar-refractivity contribution in [1.82, 2.24) is 15.6 Å². The molecule has 2 N–H and O–H groups in total. The first-order chi connectivity index (χ1) is 14.8. The van der Waals surface area contributed by atoms with Gasteiger partial charge in [0, 0.05) is 6.20 Å². The highest BCUT2D eigenvalue weighted by atomic mass is 19.4. The smallest absolute Gasteiger partial charge is 0.422 e. The maximum absolute atomic E-state index is 12.7. The van der Waals surface area contributed by atoms with Gasteiger partial charge >= 0.3 is 12.2 Å². The zero-order chi connectivity index (χ0) is 22.3. The van der Waals surface area contributed by atoms with Crippen molar-refractivity contribution < 1.29 is 22.7 Å². The molecule has 0 bridgehead atoms. The topological polar surface area (TPSA) is 63.2 Å². The summed E-state index contributed by atoms with van der Waals surface area (Å²) in [5.41, 5.74) is 2.31. The Labute approximate surface area is 178 Å². The van der Waals surface area contributed by atoms with Crippen LogP contribution in [0.5, 0.6) is 5.75 Å². The Bertz CT molecular complexity index is 925. The summed E-state index contributed by atoms with van der Waals surface area (Å²) in [6.07, 6.45) is -2.73. The molecule has 0 fully saturated rings. The Morgan fingerprint density at radius 1 is 0.935 bits per heavy atom. The second-order valence-electron chi connectivity index (χ2n) is 6.91. The molecule has 5 nitrogen and oxygen atoms in total. The van der Waals surface area contributed by atoms with Gasteiger partial charge in [0.2, 0.25) is 0 Å². The summed E-state index contributed by atoms with van der Waals surface area (Å²) in [5, 5.41) is 5.78. The number of alkyl halides is 3. The molecule has 0 spiro atoms. The molecule has 0 saturated carbocycles. The second-order valence-corrected chi connectivity index (χ2v) is 6.91. The minimum atomic E-state index is -4.39. The molecule has 1 aromatic heterocycles. The van der Waals surface area contributed by atoms with Gasteiger partial charge in [-0.15, -0.1) is 0 Å². The lowest BCUT2D eigenvalue weighted by Crippen LogP contribution is -2.39. The van der Waals surface area contributed by atoms with Crippen LogP contribution in [0.25, 0.3) is 0 Å². The number of carbonyl (C=O) groups excluding carboxylic acids is 1. The summed E-state index contributed by atoms with van der Waals surface area (Å²) < 4.78 is 41.5. The Kier molecular flexibility index (Phi) is 7.12. The number of nitrogens with zero attached hydrogens (tertiary/aromatic N) is 1. The number of pyridine rings is 1. The van der Waals surface area contributed by atoms with Gasteiger partial charge in [0.15, 0.2) is 6.61 Å². The van der Waals surface area contributed by atoms with Crippen molar-refractivity contribution in [1.29, 1.82) is 0 Å². The van der Waals surface area contributed by atoms with Crippen LogP contribution >= 0.6 is 0 Å². The van der Waals surface area contributed by atoms with Crippen molar-refractivity contribution in [3.05, 3.63) is 95.8 Å². The number of hydrogen-bond acceptors (Lipinski definition) is 3. The molecule has 0 aliphatic rings. The van der Waals surface area contributed by atoms with Crippen LogP contribution in [0.1, 0.15) is 35.8 Å². The highest BCUT2D eigenvalue weighted by Crippen LogP contribution is 2.22. The van der Waals surface area contributed by atoms with Crippen molar-refractivity contribution in [2.75, 3.05) is 6.61 Å². The Morgan fingerprint density at radius 2 is 1.61 bits per heavy atom. The third-order valence-electron chi connectivity index (χ3n) is 4.52. The van der Waals surface area contributed by atoms with Crippen molar-refractivity contribution in [2.45, 2.75) is 25.2 Å². The predicted molar refractivity (Wildman–Crippen MR) is 111 cm³/mol. The molecule has 2 amide bonds. The Hall–Kier alpha value is -3.55. The first-order valence-electron chi connectivity index (χ1n) is 9.64. The summed E-state index contributed by atoms with van der Waals surface area (Å²) in [5.74, 6) is 0.108. The second kappa shape index (κ2) is 9.97. The molecule has 3 rings (SSSR count). The number of carbonyl (C=O) groups is 1. The van der Waals surface area contributed by atoms with E-state index >= 15 is 0 Å². The van der Waals surface area contributed by atoms with Crippen LogP contribution in [0.3, 0.4) is 0 Å². The number of hydrogen-bond donors (Lipinski definition) is 2. The molecule has 2 unspecified atom stereocenters. The van der Waals surface area contributed by atoms with Gasteiger partial charge in [0.1, 0.15) is 5.75 Å². The molecule has 162 valence electrons. The predicted octanol–water partition coefficient (Wildman–Crippen LogP) is 5.17. The monoisotopic (exact) mass is 429 g/mol. The largest absolute Gasteiger partial charge is 0.484 e. The third kappa shape index (κ3) is 6.74. The molecule has 0 aliphatic carbocycles. The van der Waals surface area contributed by atoms with Crippen LogP contribution < -0.4 is 15.4 Å². The summed E-state index contributed by atoms with van der Waals surface area (Å²) in [4.78, 5) is 17.0. The Balaban J connectivity index is 1.64. The summed E-state index contributed by atoms with van der Waals surface area (Å²) in [7, 11) is 0. The van der Waals surface area contributed by atoms with Gasteiger partial charge in [-0.2, -0.15) is 13.2 Å². The summed E-state index contributed by atoms with van der Waals surface area (Å²) in [6.45, 7) is 0.431. The molecule has 8 heteroatoms. The van der Waals surface area contributed by atoms with Crippen molar-refractivity contribution in [3.63, 3.8) is 0 Å². The van der Waals surface area contributed by atoms with Crippen molar-refractivity contribution in [3.8, 4) is 5.75 Å². The molecule has 0 saturated heterocycles. The zero-order valence-corrected chi connectivity index (χ0v) is 16.8. The lowest BCUT2D eigenvalue weighted by Gasteiger charge is -2.21. The fourth-order valence-corrected chi connectivity index (χ4v) is 2.99. The third-order valence-corrected chi connectivity index (χ3v) is 4.52. The van der Waals surface area contributed by atoms with Crippen LogP contribution in [-0.2, 0) is 0 Å². The van der Waals surface area contributed by atoms with E-state index in [1.54, 1.807) is 31.3 Å². The van der Waals surface area contributed by atoms with E-state index in [0.717, 1.165) is 11.1 Å². The SMILES string of the molecule is CC(NC(=O)NC(c1ccccc1)c1ccccn1)c1ccc(OCC(F)(F)F)cc1. The number of nitrogens with one attached hydrogen (secondary N) is 2. The molecule has 31 heavy (non-hydrogen) atoms. The first kappa shape index (κ1) is 22.1. The number of amides is 2. The Morgan fingerprint density at radius 3 is 2.23 bits per heavy atom. The van der Waals surface area contributed by atoms with E-state index in [1.807, 2.05) is 42.5 Å². The van der Waals surface area contributed by atoms with Crippen LogP contribution in [0, 0.1) is 0 Å². The molecule has 3 aromatic rings. The number of urea groups is 1. The van der Waals surface area contributed by atoms with E-state index in [0.29, 0.717) is 5.69 Å². The quantitative estimate of drug-likeness (QED) is 0.545. The standard InChI is InChI=1S/C23H22F3N3O2/c1-16(17-10-12-19(13-11-17)31-15-23(24,25)26)28-22(30)29-21(18-7-3-2-4-8-18)20-9-5-6-14-27-20/h2-14,16,21H,15H2,1H3,(H2,28,29,30). The van der Waals surface area contributed by atoms with Crippen molar-refractivity contribution >= 4 is 6.03 Å². The van der Waals surface area contributed by atoms with Gasteiger partial charge in [-0.3, -0.25) is 4.98 Å². The minimum Gasteiger partial charge on any atom is -0.484 e. The normalized spacial score (nSPS) is 13.2. The molecular weight excluding hydrogens is 407 g/mol. The average Bonchev–Trinajstić information content (AvgIpc) is 2.77. The number of rotatable bonds is 7. The van der Waals surface area contributed by atoms with E-state index in [2.05, 4.69) is 15.6 Å². The van der Waals surface area contributed by atoms with E-state index in [-0.39, 0.29) is 11.8 Å². The van der Waals surface area contributed by atoms with Gasteiger partial charge < -0.3 is 15.4 Å². The van der Waals surface area contributed by atoms with Gasteiger partial charge in [0.25, 0.3) is 0 Å². The molecule has 2 aromatic carbocycles. The molecular formula is C23H22F3N3O2. The molecule has 2 atom stereocenters. The highest BCUT2D eigenvalue weighted by Gasteiger charge is 2.28. The number of aromatic nitrogens is 1. The average molecular weight is 429 g/mol. The number of benzene rings is 2. The van der Waals surface area contributed by atoms with Gasteiger partial charge in [-0.05, 0) is 42.3 Å². The summed E-state index contributed by atoms with van der Waals surface area (Å²) in [6, 6.07) is 19.9. The number of ether oxygens (including phenoxy) is 1. The fraction of sp³-hybridized carbons (Fsp3) is 0.217. The maximum atomic E-state index is 12.7. The van der Waals surface area contributed by atoms with Gasteiger partial charge in [0.05, 0.1) is 17.8 Å². The fourth-order valence-electron chi connectivity index (χ4n) is 2.99. The maximum Gasteiger partial charge on any atom is 0.422 e. The lowest BCUT2D eigenvalue weighted by atomic mass is 10.0. The molecule has 0 radical (unpaired) electrons. The van der Waals surface area contributed by atoms with Gasteiger partial charge in [-0.25, -0.2) is 4.79 Å². The first-order valence-corrected chi connectivity index (χ1v) is 9.64. The molecule has 0 aliphatic heterocycles. The van der Waals surface area contributed by atoms with Crippen molar-refractivity contribution in [2.24, 2.45) is 0 Å². The van der Waals surface area contributed by atoms with E-state index in [9.17, 15) is 18.0 Å². The summed E-state index contributed by atoms with van der Waals surface area (Å²) >= 11 is 0. The van der Waals surface area contributed by atoms with Gasteiger partial charge in [-0.1, -0.05) is 48.5 Å².